The fourth-order valence-electron chi connectivity index (χ4n) is 3.01. The number of carboxylic acids is 1. The van der Waals surface area contributed by atoms with Crippen LogP contribution in [0.15, 0.2) is 36.4 Å². The van der Waals surface area contributed by atoms with Crippen LogP contribution in [0.25, 0.3) is 0 Å². The second kappa shape index (κ2) is 7.36. The monoisotopic (exact) mass is 291 g/mol. The Bertz CT molecular complexity index is 498. The molecule has 4 heteroatoms. The minimum Gasteiger partial charge on any atom is -0.481 e. The van der Waals surface area contributed by atoms with Crippen molar-refractivity contribution in [1.29, 1.82) is 0 Å². The summed E-state index contributed by atoms with van der Waals surface area (Å²) in [4.78, 5) is 12.8. The SMILES string of the molecule is CN1CC(C/C=C\CCC(=O)O)C(c2ccc(F)cc2)C1. The topological polar surface area (TPSA) is 40.5 Å². The minimum atomic E-state index is -0.760. The molecule has 1 fully saturated rings. The quantitative estimate of drug-likeness (QED) is 0.818. The maximum atomic E-state index is 13.0. The van der Waals surface area contributed by atoms with Crippen molar-refractivity contribution in [1.82, 2.24) is 4.90 Å². The summed E-state index contributed by atoms with van der Waals surface area (Å²) in [6.07, 6.45) is 5.74. The number of carbonyl (C=O) groups is 1. The summed E-state index contributed by atoms with van der Waals surface area (Å²) in [6, 6.07) is 6.79. The van der Waals surface area contributed by atoms with Crippen molar-refractivity contribution in [2.45, 2.75) is 25.2 Å². The zero-order valence-corrected chi connectivity index (χ0v) is 12.3. The number of carboxylic acid groups (broad SMARTS) is 1. The highest BCUT2D eigenvalue weighted by atomic mass is 19.1. The van der Waals surface area contributed by atoms with Crippen LogP contribution in [0.3, 0.4) is 0 Å². The molecule has 1 aliphatic heterocycles. The summed E-state index contributed by atoms with van der Waals surface area (Å²) in [6.45, 7) is 2.00. The number of likely N-dealkylation sites (tertiary alicyclic amines) is 1. The van der Waals surface area contributed by atoms with E-state index in [4.69, 9.17) is 5.11 Å². The molecule has 1 N–H and O–H groups in total. The first-order valence-electron chi connectivity index (χ1n) is 7.37. The van der Waals surface area contributed by atoms with Crippen molar-refractivity contribution in [2.24, 2.45) is 5.92 Å². The molecule has 2 rings (SSSR count). The number of aliphatic carboxylic acids is 1. The number of allylic oxidation sites excluding steroid dienone is 2. The fraction of sp³-hybridized carbons (Fsp3) is 0.471. The normalized spacial score (nSPS) is 23.0. The van der Waals surface area contributed by atoms with Gasteiger partial charge < -0.3 is 10.0 Å². The molecule has 0 bridgehead atoms. The standard InChI is InChI=1S/C17H22FNO2/c1-19-11-14(5-3-2-4-6-17(20)21)16(12-19)13-7-9-15(18)10-8-13/h2-3,7-10,14,16H,4-6,11-12H2,1H3,(H,20,21)/b3-2-. The van der Waals surface area contributed by atoms with Crippen molar-refractivity contribution in [3.8, 4) is 0 Å². The molecule has 0 saturated carbocycles. The third-order valence-corrected chi connectivity index (χ3v) is 4.05. The number of hydrogen-bond acceptors (Lipinski definition) is 2. The molecular weight excluding hydrogens is 269 g/mol. The summed E-state index contributed by atoms with van der Waals surface area (Å²) in [5.74, 6) is -0.0408. The lowest BCUT2D eigenvalue weighted by Gasteiger charge is -2.17. The molecule has 0 aliphatic carbocycles. The Morgan fingerprint density at radius 1 is 1.33 bits per heavy atom. The Kier molecular flexibility index (Phi) is 5.51. The molecule has 0 amide bonds. The van der Waals surface area contributed by atoms with Gasteiger partial charge in [0.25, 0.3) is 0 Å². The molecule has 1 heterocycles. The summed E-state index contributed by atoms with van der Waals surface area (Å²) in [5.41, 5.74) is 1.18. The Labute approximate surface area is 125 Å². The van der Waals surface area contributed by atoms with Crippen molar-refractivity contribution in [3.05, 3.63) is 47.8 Å². The molecule has 0 radical (unpaired) electrons. The molecular formula is C17H22FNO2. The highest BCUT2D eigenvalue weighted by molar-refractivity contribution is 5.66. The second-order valence-electron chi connectivity index (χ2n) is 5.78. The van der Waals surface area contributed by atoms with E-state index in [0.717, 1.165) is 19.5 Å². The Balaban J connectivity index is 1.93. The van der Waals surface area contributed by atoms with E-state index in [1.54, 1.807) is 0 Å². The van der Waals surface area contributed by atoms with Gasteiger partial charge in [0, 0.05) is 25.4 Å². The van der Waals surface area contributed by atoms with E-state index in [0.29, 0.717) is 18.3 Å². The average Bonchev–Trinajstić information content (AvgIpc) is 2.80. The predicted molar refractivity (Wildman–Crippen MR) is 80.8 cm³/mol. The third-order valence-electron chi connectivity index (χ3n) is 4.05. The van der Waals surface area contributed by atoms with Crippen LogP contribution in [-0.4, -0.2) is 36.1 Å². The van der Waals surface area contributed by atoms with E-state index in [1.807, 2.05) is 18.2 Å². The zero-order chi connectivity index (χ0) is 15.2. The molecule has 0 aromatic heterocycles. The third kappa shape index (κ3) is 4.67. The van der Waals surface area contributed by atoms with E-state index < -0.39 is 5.97 Å². The van der Waals surface area contributed by atoms with Gasteiger partial charge in [-0.1, -0.05) is 24.3 Å². The lowest BCUT2D eigenvalue weighted by Crippen LogP contribution is -2.13. The Morgan fingerprint density at radius 3 is 2.71 bits per heavy atom. The number of hydrogen-bond donors (Lipinski definition) is 1. The van der Waals surface area contributed by atoms with Gasteiger partial charge in [-0.3, -0.25) is 4.79 Å². The van der Waals surface area contributed by atoms with E-state index in [-0.39, 0.29) is 12.2 Å². The number of halogens is 1. The van der Waals surface area contributed by atoms with Crippen molar-refractivity contribution in [2.75, 3.05) is 20.1 Å². The van der Waals surface area contributed by atoms with Gasteiger partial charge in [0.1, 0.15) is 5.82 Å². The maximum absolute atomic E-state index is 13.0. The van der Waals surface area contributed by atoms with Gasteiger partial charge in [-0.05, 0) is 43.5 Å². The Morgan fingerprint density at radius 2 is 2.05 bits per heavy atom. The first kappa shape index (κ1) is 15.7. The molecule has 3 nitrogen and oxygen atoms in total. The van der Waals surface area contributed by atoms with Crippen molar-refractivity contribution >= 4 is 5.97 Å². The van der Waals surface area contributed by atoms with Gasteiger partial charge in [-0.15, -0.1) is 0 Å². The highest BCUT2D eigenvalue weighted by Gasteiger charge is 2.30. The van der Waals surface area contributed by atoms with Gasteiger partial charge in [-0.25, -0.2) is 4.39 Å². The Hall–Kier alpha value is -1.68. The zero-order valence-electron chi connectivity index (χ0n) is 12.3. The predicted octanol–water partition coefficient (Wildman–Crippen LogP) is 3.28. The molecule has 2 atom stereocenters. The molecule has 1 aromatic rings. The molecule has 114 valence electrons. The number of benzene rings is 1. The highest BCUT2D eigenvalue weighted by Crippen LogP contribution is 2.34. The molecule has 2 unspecified atom stereocenters. The molecule has 1 saturated heterocycles. The fourth-order valence-corrected chi connectivity index (χ4v) is 3.01. The summed E-state index contributed by atoms with van der Waals surface area (Å²) >= 11 is 0. The lowest BCUT2D eigenvalue weighted by molar-refractivity contribution is -0.136. The lowest BCUT2D eigenvalue weighted by atomic mass is 9.86. The average molecular weight is 291 g/mol. The van der Waals surface area contributed by atoms with E-state index >= 15 is 0 Å². The number of likely N-dealkylation sites (N-methyl/N-ethyl adjacent to an activating group) is 1. The molecule has 1 aliphatic rings. The van der Waals surface area contributed by atoms with Crippen LogP contribution in [0.2, 0.25) is 0 Å². The number of rotatable bonds is 6. The van der Waals surface area contributed by atoms with E-state index in [1.165, 1.54) is 17.7 Å². The van der Waals surface area contributed by atoms with Crippen LogP contribution in [0, 0.1) is 11.7 Å². The van der Waals surface area contributed by atoms with Crippen LogP contribution >= 0.6 is 0 Å². The summed E-state index contributed by atoms with van der Waals surface area (Å²) < 4.78 is 13.0. The minimum absolute atomic E-state index is 0.183. The molecule has 0 spiro atoms. The second-order valence-corrected chi connectivity index (χ2v) is 5.78. The first-order valence-corrected chi connectivity index (χ1v) is 7.37. The van der Waals surface area contributed by atoms with Gasteiger partial charge >= 0.3 is 5.97 Å². The van der Waals surface area contributed by atoms with Crippen molar-refractivity contribution in [3.63, 3.8) is 0 Å². The van der Waals surface area contributed by atoms with Gasteiger partial charge in [0.05, 0.1) is 0 Å². The maximum Gasteiger partial charge on any atom is 0.303 e. The van der Waals surface area contributed by atoms with E-state index in [2.05, 4.69) is 18.0 Å². The number of nitrogens with zero attached hydrogens (tertiary/aromatic N) is 1. The smallest absolute Gasteiger partial charge is 0.303 e. The van der Waals surface area contributed by atoms with Gasteiger partial charge in [-0.2, -0.15) is 0 Å². The molecule has 21 heavy (non-hydrogen) atoms. The van der Waals surface area contributed by atoms with Crippen LogP contribution in [0.1, 0.15) is 30.7 Å². The molecule has 1 aromatic carbocycles. The van der Waals surface area contributed by atoms with Crippen LogP contribution in [-0.2, 0) is 4.79 Å². The van der Waals surface area contributed by atoms with Crippen LogP contribution in [0.5, 0.6) is 0 Å². The summed E-state index contributed by atoms with van der Waals surface area (Å²) in [5, 5.41) is 8.60. The van der Waals surface area contributed by atoms with Crippen LogP contribution < -0.4 is 0 Å². The largest absolute Gasteiger partial charge is 0.481 e. The van der Waals surface area contributed by atoms with E-state index in [9.17, 15) is 9.18 Å². The van der Waals surface area contributed by atoms with Crippen LogP contribution in [0.4, 0.5) is 4.39 Å². The van der Waals surface area contributed by atoms with Gasteiger partial charge in [0.2, 0.25) is 0 Å². The summed E-state index contributed by atoms with van der Waals surface area (Å²) in [7, 11) is 2.10. The first-order chi connectivity index (χ1) is 10.1. The van der Waals surface area contributed by atoms with Crippen molar-refractivity contribution < 1.29 is 14.3 Å². The van der Waals surface area contributed by atoms with Gasteiger partial charge in [0.15, 0.2) is 0 Å².